The van der Waals surface area contributed by atoms with E-state index in [4.69, 9.17) is 0 Å². The van der Waals surface area contributed by atoms with E-state index in [1.807, 2.05) is 84.9 Å². The third-order valence-electron chi connectivity index (χ3n) is 4.24. The van der Waals surface area contributed by atoms with Crippen molar-refractivity contribution in [2.75, 3.05) is 5.32 Å². The molecule has 0 saturated heterocycles. The van der Waals surface area contributed by atoms with Crippen molar-refractivity contribution in [3.8, 4) is 16.8 Å². The lowest BCUT2D eigenvalue weighted by molar-refractivity contribution is 0.102. The molecule has 0 fully saturated rings. The molecule has 0 spiro atoms. The molecule has 4 aromatic rings. The van der Waals surface area contributed by atoms with E-state index in [-0.39, 0.29) is 5.91 Å². The number of nitrogens with one attached hydrogen (secondary N) is 1. The van der Waals surface area contributed by atoms with Gasteiger partial charge in [-0.25, -0.2) is 0 Å². The predicted octanol–water partition coefficient (Wildman–Crippen LogP) is 4.50. The largest absolute Gasteiger partial charge is 0.320 e. The highest BCUT2D eigenvalue weighted by molar-refractivity contribution is 6.05. The number of aromatic nitrogens is 3. The van der Waals surface area contributed by atoms with Gasteiger partial charge in [0.05, 0.1) is 11.4 Å². The van der Waals surface area contributed by atoms with Crippen molar-refractivity contribution in [2.24, 2.45) is 0 Å². The van der Waals surface area contributed by atoms with Crippen molar-refractivity contribution in [3.63, 3.8) is 0 Å². The first-order chi connectivity index (χ1) is 13.2. The maximum Gasteiger partial charge on any atom is 0.278 e. The lowest BCUT2D eigenvalue weighted by atomic mass is 10.0. The van der Waals surface area contributed by atoms with E-state index in [1.54, 1.807) is 6.92 Å². The Morgan fingerprint density at radius 1 is 0.815 bits per heavy atom. The Kier molecular flexibility index (Phi) is 4.49. The molecule has 0 radical (unpaired) electrons. The average Bonchev–Trinajstić information content (AvgIpc) is 3.12. The van der Waals surface area contributed by atoms with Gasteiger partial charge < -0.3 is 5.32 Å². The zero-order valence-electron chi connectivity index (χ0n) is 14.8. The number of carbonyl (C=O) groups excluding carboxylic acids is 1. The first-order valence-corrected chi connectivity index (χ1v) is 8.67. The van der Waals surface area contributed by atoms with Crippen molar-refractivity contribution in [3.05, 3.63) is 96.3 Å². The van der Waals surface area contributed by atoms with E-state index in [9.17, 15) is 4.79 Å². The number of hydrogen-bond donors (Lipinski definition) is 1. The van der Waals surface area contributed by atoms with Crippen LogP contribution in [0.2, 0.25) is 0 Å². The second kappa shape index (κ2) is 7.25. The Morgan fingerprint density at radius 3 is 2.19 bits per heavy atom. The van der Waals surface area contributed by atoms with Crippen LogP contribution in [0.3, 0.4) is 0 Å². The third-order valence-corrected chi connectivity index (χ3v) is 4.24. The second-order valence-corrected chi connectivity index (χ2v) is 6.12. The first-order valence-electron chi connectivity index (χ1n) is 8.67. The molecule has 0 aliphatic carbocycles. The minimum Gasteiger partial charge on any atom is -0.320 e. The van der Waals surface area contributed by atoms with Crippen LogP contribution in [0.1, 0.15) is 16.2 Å². The number of amides is 1. The van der Waals surface area contributed by atoms with Crippen LogP contribution in [0.15, 0.2) is 84.9 Å². The highest BCUT2D eigenvalue weighted by atomic mass is 16.2. The van der Waals surface area contributed by atoms with Gasteiger partial charge in [-0.2, -0.15) is 9.90 Å². The Bertz CT molecular complexity index is 1070. The number of nitrogens with zero attached hydrogens (tertiary/aromatic N) is 3. The number of aryl methyl sites for hydroxylation is 1. The normalized spacial score (nSPS) is 10.6. The predicted molar refractivity (Wildman–Crippen MR) is 106 cm³/mol. The van der Waals surface area contributed by atoms with Crippen LogP contribution in [0, 0.1) is 6.92 Å². The van der Waals surface area contributed by atoms with E-state index < -0.39 is 0 Å². The molecule has 0 bridgehead atoms. The fraction of sp³-hybridized carbons (Fsp3) is 0.0455. The standard InChI is InChI=1S/C22H18N4O/c1-16-21(25-26(24-16)18-12-6-3-7-13-18)22(27)23-20-15-9-8-14-19(20)17-10-4-2-5-11-17/h2-15H,1H3,(H,23,27). The Hall–Kier alpha value is -3.73. The Labute approximate surface area is 157 Å². The summed E-state index contributed by atoms with van der Waals surface area (Å²) in [6.07, 6.45) is 0. The molecule has 0 aliphatic heterocycles. The highest BCUT2D eigenvalue weighted by Crippen LogP contribution is 2.28. The van der Waals surface area contributed by atoms with Gasteiger partial charge in [-0.05, 0) is 30.7 Å². The first kappa shape index (κ1) is 16.7. The molecular formula is C22H18N4O. The lowest BCUT2D eigenvalue weighted by Gasteiger charge is -2.10. The molecule has 132 valence electrons. The smallest absolute Gasteiger partial charge is 0.278 e. The van der Waals surface area contributed by atoms with Gasteiger partial charge in [0.15, 0.2) is 5.69 Å². The van der Waals surface area contributed by atoms with E-state index in [1.165, 1.54) is 4.80 Å². The SMILES string of the molecule is Cc1nn(-c2ccccc2)nc1C(=O)Nc1ccccc1-c1ccccc1. The summed E-state index contributed by atoms with van der Waals surface area (Å²) in [6.45, 7) is 1.78. The minimum absolute atomic E-state index is 0.280. The van der Waals surface area contributed by atoms with Crippen molar-refractivity contribution in [1.29, 1.82) is 0 Å². The van der Waals surface area contributed by atoms with Crippen molar-refractivity contribution >= 4 is 11.6 Å². The summed E-state index contributed by atoms with van der Waals surface area (Å²) in [4.78, 5) is 14.3. The molecule has 1 heterocycles. The van der Waals surface area contributed by atoms with Crippen LogP contribution < -0.4 is 5.32 Å². The molecule has 0 saturated carbocycles. The van der Waals surface area contributed by atoms with Gasteiger partial charge in [-0.1, -0.05) is 66.7 Å². The summed E-state index contributed by atoms with van der Waals surface area (Å²) in [7, 11) is 0. The van der Waals surface area contributed by atoms with E-state index >= 15 is 0 Å². The van der Waals surface area contributed by atoms with Gasteiger partial charge in [-0.15, -0.1) is 5.10 Å². The lowest BCUT2D eigenvalue weighted by Crippen LogP contribution is -2.15. The topological polar surface area (TPSA) is 59.8 Å². The van der Waals surface area contributed by atoms with E-state index in [0.29, 0.717) is 11.4 Å². The second-order valence-electron chi connectivity index (χ2n) is 6.12. The number of anilines is 1. The molecule has 27 heavy (non-hydrogen) atoms. The minimum atomic E-state index is -0.280. The highest BCUT2D eigenvalue weighted by Gasteiger charge is 2.17. The molecule has 3 aromatic carbocycles. The van der Waals surface area contributed by atoms with Crippen LogP contribution in [0.5, 0.6) is 0 Å². The summed E-state index contributed by atoms with van der Waals surface area (Å²) < 4.78 is 0. The maximum atomic E-state index is 12.8. The number of carbonyl (C=O) groups is 1. The van der Waals surface area contributed by atoms with E-state index in [2.05, 4.69) is 15.5 Å². The summed E-state index contributed by atoms with van der Waals surface area (Å²) in [5, 5.41) is 11.7. The number of benzene rings is 3. The molecule has 0 unspecified atom stereocenters. The molecule has 4 rings (SSSR count). The fourth-order valence-corrected chi connectivity index (χ4v) is 2.91. The summed E-state index contributed by atoms with van der Waals surface area (Å²) in [5.74, 6) is -0.280. The van der Waals surface area contributed by atoms with Gasteiger partial charge >= 0.3 is 0 Å². The van der Waals surface area contributed by atoms with Crippen LogP contribution in [-0.2, 0) is 0 Å². The maximum absolute atomic E-state index is 12.8. The number of para-hydroxylation sites is 2. The van der Waals surface area contributed by atoms with Crippen molar-refractivity contribution in [1.82, 2.24) is 15.0 Å². The zero-order chi connectivity index (χ0) is 18.6. The van der Waals surface area contributed by atoms with Crippen LogP contribution in [0.25, 0.3) is 16.8 Å². The molecule has 1 amide bonds. The zero-order valence-corrected chi connectivity index (χ0v) is 14.8. The Balaban J connectivity index is 1.64. The third kappa shape index (κ3) is 3.48. The number of rotatable bonds is 4. The summed E-state index contributed by atoms with van der Waals surface area (Å²) in [5.41, 5.74) is 4.43. The van der Waals surface area contributed by atoms with Crippen LogP contribution in [-0.4, -0.2) is 20.9 Å². The fourth-order valence-electron chi connectivity index (χ4n) is 2.91. The average molecular weight is 354 g/mol. The van der Waals surface area contributed by atoms with E-state index in [0.717, 1.165) is 22.5 Å². The molecular weight excluding hydrogens is 336 g/mol. The summed E-state index contributed by atoms with van der Waals surface area (Å²) >= 11 is 0. The van der Waals surface area contributed by atoms with Gasteiger partial charge in [0.2, 0.25) is 0 Å². The van der Waals surface area contributed by atoms with Gasteiger partial charge in [-0.3, -0.25) is 4.79 Å². The van der Waals surface area contributed by atoms with Gasteiger partial charge in [0.1, 0.15) is 0 Å². The van der Waals surface area contributed by atoms with Crippen molar-refractivity contribution in [2.45, 2.75) is 6.92 Å². The molecule has 5 heteroatoms. The van der Waals surface area contributed by atoms with Gasteiger partial charge in [0.25, 0.3) is 5.91 Å². The Morgan fingerprint density at radius 2 is 1.44 bits per heavy atom. The van der Waals surface area contributed by atoms with Gasteiger partial charge in [0, 0.05) is 11.3 Å². The monoisotopic (exact) mass is 354 g/mol. The molecule has 1 aromatic heterocycles. The summed E-state index contributed by atoms with van der Waals surface area (Å²) in [6, 6.07) is 27.2. The molecule has 1 N–H and O–H groups in total. The number of hydrogen-bond acceptors (Lipinski definition) is 3. The molecule has 0 atom stereocenters. The quantitative estimate of drug-likeness (QED) is 0.587. The van der Waals surface area contributed by atoms with Crippen molar-refractivity contribution < 1.29 is 4.79 Å². The molecule has 5 nitrogen and oxygen atoms in total. The van der Waals surface area contributed by atoms with Crippen LogP contribution >= 0.6 is 0 Å². The molecule has 0 aliphatic rings. The van der Waals surface area contributed by atoms with Crippen LogP contribution in [0.4, 0.5) is 5.69 Å².